The van der Waals surface area contributed by atoms with Crippen LogP contribution in [0, 0.1) is 11.3 Å². The SMILES string of the molecule is C=C(NC1CCNCC1)c1ccc(OC2CCN(Cc3ccc(C#N)cc3)CC2)c(C(=C)Cc2cc(C(=O)NC3CCN(Cc4ccc(Cl)cc4)CC3)ccc2OC2CCN(Cc3ccc(Cl)c(Cl)c3)CC2)c1. The lowest BCUT2D eigenvalue weighted by Gasteiger charge is -2.33. The fourth-order valence-electron chi connectivity index (χ4n) is 10.6. The highest BCUT2D eigenvalue weighted by Crippen LogP contribution is 2.36. The molecule has 0 unspecified atom stereocenters. The van der Waals surface area contributed by atoms with Crippen LogP contribution in [0.4, 0.5) is 0 Å². The van der Waals surface area contributed by atoms with Crippen molar-refractivity contribution in [2.24, 2.45) is 0 Å². The van der Waals surface area contributed by atoms with Gasteiger partial charge in [0.05, 0.1) is 21.7 Å². The molecule has 9 rings (SSSR count). The second-order valence-electron chi connectivity index (χ2n) is 20.4. The molecule has 5 aromatic carbocycles. The van der Waals surface area contributed by atoms with Crippen molar-refractivity contribution in [3.05, 3.63) is 176 Å². The predicted molar refractivity (Wildman–Crippen MR) is 296 cm³/mol. The first-order valence-electron chi connectivity index (χ1n) is 26.1. The lowest BCUT2D eigenvalue weighted by Crippen LogP contribution is -2.44. The molecule has 0 spiro atoms. The van der Waals surface area contributed by atoms with Crippen molar-refractivity contribution in [3.8, 4) is 17.6 Å². The molecule has 10 nitrogen and oxygen atoms in total. The number of carbonyl (C=O) groups is 1. The van der Waals surface area contributed by atoms with Crippen molar-refractivity contribution >= 4 is 52.0 Å². The van der Waals surface area contributed by atoms with Crippen LogP contribution in [0.1, 0.15) is 101 Å². The van der Waals surface area contributed by atoms with E-state index < -0.39 is 0 Å². The van der Waals surface area contributed by atoms with Gasteiger partial charge in [0.1, 0.15) is 23.7 Å². The van der Waals surface area contributed by atoms with E-state index in [-0.39, 0.29) is 24.2 Å². The summed E-state index contributed by atoms with van der Waals surface area (Å²) in [4.78, 5) is 21.5. The maximum Gasteiger partial charge on any atom is 0.251 e. The smallest absolute Gasteiger partial charge is 0.251 e. The zero-order chi connectivity index (χ0) is 50.7. The summed E-state index contributed by atoms with van der Waals surface area (Å²) in [6, 6.07) is 36.7. The summed E-state index contributed by atoms with van der Waals surface area (Å²) in [6.07, 6.45) is 7.81. The molecule has 4 saturated heterocycles. The normalized spacial score (nSPS) is 17.9. The summed E-state index contributed by atoms with van der Waals surface area (Å²) in [6.45, 7) is 19.1. The van der Waals surface area contributed by atoms with Crippen molar-refractivity contribution in [3.63, 3.8) is 0 Å². The van der Waals surface area contributed by atoms with Crippen LogP contribution in [-0.4, -0.2) is 97.3 Å². The number of carbonyl (C=O) groups excluding carboxylic acids is 1. The van der Waals surface area contributed by atoms with Gasteiger partial charge in [-0.1, -0.05) is 78.3 Å². The Balaban J connectivity index is 0.919. The van der Waals surface area contributed by atoms with Gasteiger partial charge < -0.3 is 25.4 Å². The molecule has 382 valence electrons. The number of allylic oxidation sites excluding steroid dienone is 1. The molecule has 4 aliphatic heterocycles. The number of hydrogen-bond acceptors (Lipinski definition) is 9. The third-order valence-electron chi connectivity index (χ3n) is 14.9. The fraction of sp³-hybridized carbons (Fsp3) is 0.400. The molecule has 0 radical (unpaired) electrons. The number of amides is 1. The average molecular weight is 1040 g/mol. The Bertz CT molecular complexity index is 2730. The van der Waals surface area contributed by atoms with E-state index in [0.29, 0.717) is 33.6 Å². The Morgan fingerprint density at radius 3 is 1.75 bits per heavy atom. The van der Waals surface area contributed by atoms with Gasteiger partial charge in [0.25, 0.3) is 5.91 Å². The predicted octanol–water partition coefficient (Wildman–Crippen LogP) is 11.6. The Hall–Kier alpha value is -5.35. The average Bonchev–Trinajstić information content (AvgIpc) is 3.41. The van der Waals surface area contributed by atoms with Gasteiger partial charge in [-0.3, -0.25) is 19.5 Å². The minimum Gasteiger partial charge on any atom is -0.490 e. The molecule has 0 saturated carbocycles. The molecular formula is C60H68Cl3N7O3. The van der Waals surface area contributed by atoms with Gasteiger partial charge in [0, 0.05) is 99.3 Å². The van der Waals surface area contributed by atoms with Crippen LogP contribution >= 0.6 is 34.8 Å². The first kappa shape index (κ1) is 52.5. The van der Waals surface area contributed by atoms with E-state index in [1.165, 1.54) is 11.1 Å². The number of rotatable bonds is 18. The van der Waals surface area contributed by atoms with Crippen molar-refractivity contribution in [2.45, 2.75) is 102 Å². The third-order valence-corrected chi connectivity index (χ3v) is 15.9. The van der Waals surface area contributed by atoms with E-state index in [4.69, 9.17) is 50.9 Å². The Kier molecular flexibility index (Phi) is 18.2. The molecular weight excluding hydrogens is 973 g/mol. The maximum absolute atomic E-state index is 14.2. The van der Waals surface area contributed by atoms with Gasteiger partial charge in [0.2, 0.25) is 0 Å². The second kappa shape index (κ2) is 25.3. The van der Waals surface area contributed by atoms with Crippen LogP contribution in [0.5, 0.6) is 11.5 Å². The Labute approximate surface area is 447 Å². The number of halogens is 3. The van der Waals surface area contributed by atoms with Crippen LogP contribution in [0.15, 0.2) is 116 Å². The highest BCUT2D eigenvalue weighted by molar-refractivity contribution is 6.42. The van der Waals surface area contributed by atoms with E-state index in [2.05, 4.69) is 73.6 Å². The molecule has 0 aliphatic carbocycles. The minimum atomic E-state index is -0.0815. The summed E-state index contributed by atoms with van der Waals surface area (Å²) in [5.74, 6) is 1.48. The minimum absolute atomic E-state index is 0.00388. The molecule has 3 N–H and O–H groups in total. The van der Waals surface area contributed by atoms with Crippen molar-refractivity contribution in [2.75, 3.05) is 52.4 Å². The molecule has 5 aromatic rings. The van der Waals surface area contributed by atoms with Crippen LogP contribution in [0.25, 0.3) is 11.3 Å². The molecule has 4 fully saturated rings. The number of nitrogens with one attached hydrogen (secondary N) is 3. The van der Waals surface area contributed by atoms with Gasteiger partial charge in [0.15, 0.2) is 0 Å². The summed E-state index contributed by atoms with van der Waals surface area (Å²) < 4.78 is 13.9. The number of ether oxygens (including phenoxy) is 2. The van der Waals surface area contributed by atoms with Crippen molar-refractivity contribution < 1.29 is 14.3 Å². The number of piperidine rings is 4. The Morgan fingerprint density at radius 2 is 1.14 bits per heavy atom. The zero-order valence-electron chi connectivity index (χ0n) is 41.8. The molecule has 0 bridgehead atoms. The lowest BCUT2D eigenvalue weighted by molar-refractivity contribution is 0.0907. The van der Waals surface area contributed by atoms with Crippen LogP contribution < -0.4 is 25.4 Å². The van der Waals surface area contributed by atoms with Gasteiger partial charge in [-0.05, 0) is 171 Å². The first-order chi connectivity index (χ1) is 35.5. The van der Waals surface area contributed by atoms with Gasteiger partial charge in [-0.25, -0.2) is 0 Å². The molecule has 0 atom stereocenters. The van der Waals surface area contributed by atoms with E-state index in [1.54, 1.807) is 0 Å². The van der Waals surface area contributed by atoms with Crippen LogP contribution in [0.3, 0.4) is 0 Å². The van der Waals surface area contributed by atoms with Gasteiger partial charge >= 0.3 is 0 Å². The van der Waals surface area contributed by atoms with Crippen LogP contribution in [-0.2, 0) is 26.1 Å². The monoisotopic (exact) mass is 1040 g/mol. The lowest BCUT2D eigenvalue weighted by atomic mass is 9.94. The summed E-state index contributed by atoms with van der Waals surface area (Å²) >= 11 is 18.7. The zero-order valence-corrected chi connectivity index (χ0v) is 44.1. The number of likely N-dealkylation sites (tertiary alicyclic amines) is 3. The number of hydrogen-bond donors (Lipinski definition) is 3. The van der Waals surface area contributed by atoms with Gasteiger partial charge in [-0.2, -0.15) is 5.26 Å². The number of nitrogens with zero attached hydrogens (tertiary/aromatic N) is 4. The molecule has 1 amide bonds. The molecule has 73 heavy (non-hydrogen) atoms. The van der Waals surface area contributed by atoms with Crippen LogP contribution in [0.2, 0.25) is 15.1 Å². The largest absolute Gasteiger partial charge is 0.490 e. The molecule has 4 aliphatic rings. The van der Waals surface area contributed by atoms with Gasteiger partial charge in [-0.15, -0.1) is 0 Å². The van der Waals surface area contributed by atoms with Crippen molar-refractivity contribution in [1.29, 1.82) is 5.26 Å². The molecule has 4 heterocycles. The quantitative estimate of drug-likeness (QED) is 0.0791. The summed E-state index contributed by atoms with van der Waals surface area (Å²) in [5.41, 5.74) is 9.43. The van der Waals surface area contributed by atoms with E-state index >= 15 is 0 Å². The van der Waals surface area contributed by atoms with E-state index in [1.807, 2.05) is 72.8 Å². The number of benzene rings is 5. The van der Waals surface area contributed by atoms with E-state index in [0.717, 1.165) is 173 Å². The Morgan fingerprint density at radius 1 is 0.603 bits per heavy atom. The topological polar surface area (TPSA) is 105 Å². The molecule has 0 aromatic heterocycles. The summed E-state index contributed by atoms with van der Waals surface area (Å²) in [5, 5.41) is 21.7. The van der Waals surface area contributed by atoms with E-state index in [9.17, 15) is 10.1 Å². The second-order valence-corrected chi connectivity index (χ2v) is 21.6. The molecule has 13 heteroatoms. The third kappa shape index (κ3) is 14.7. The fourth-order valence-corrected chi connectivity index (χ4v) is 11.1. The number of nitriles is 1. The standard InChI is InChI=1S/C60H68Cl3N7O3/c1-41(55-36-47(42(2)66-51-17-25-65-26-18-51)10-16-59(55)73-54-23-29-69(30-24-54)38-44-5-3-43(37-64)4-6-44)33-49-35-48(60(71)67-52-19-27-68(28-20-52)39-45-7-12-50(61)13-8-45)11-15-58(49)72-53-21-31-70(32-22-53)40-46-9-14-56(62)57(63)34-46/h3-16,34-36,51-54,65-66H,1-2,17-33,38-40H2,(H,67,71). The van der Waals surface area contributed by atoms with Crippen molar-refractivity contribution in [1.82, 2.24) is 30.7 Å². The highest BCUT2D eigenvalue weighted by Gasteiger charge is 2.27. The highest BCUT2D eigenvalue weighted by atomic mass is 35.5. The summed E-state index contributed by atoms with van der Waals surface area (Å²) in [7, 11) is 0. The first-order valence-corrected chi connectivity index (χ1v) is 27.2. The maximum atomic E-state index is 14.2.